The Morgan fingerprint density at radius 2 is 1.21 bits per heavy atom. The van der Waals surface area contributed by atoms with Crippen molar-refractivity contribution < 1.29 is 53.2 Å². The van der Waals surface area contributed by atoms with Crippen LogP contribution in [-0.2, 0) is 4.57 Å². The standard InChI is InChI=1S/C26H29O5P.Na/c1-5-25(20-7-11-22(27)12-8-20)26(6-2)21-9-13-23(14-10-21)30-32(28,29)31-24-16-18(3)15-19(4)17-24;/h7-17,27H,5-6H2,1-4H3,(H,28,29);/q;+1/p-1/b26-25+;. The van der Waals surface area contributed by atoms with Gasteiger partial charge in [0.1, 0.15) is 17.2 Å². The van der Waals surface area contributed by atoms with Gasteiger partial charge in [-0.3, -0.25) is 0 Å². The Balaban J connectivity index is 0.00000385. The predicted octanol–water partition coefficient (Wildman–Crippen LogP) is 3.67. The number of benzene rings is 3. The molecule has 0 amide bonds. The van der Waals surface area contributed by atoms with Crippen LogP contribution in [0.3, 0.4) is 0 Å². The van der Waals surface area contributed by atoms with Gasteiger partial charge in [0.2, 0.25) is 0 Å². The summed E-state index contributed by atoms with van der Waals surface area (Å²) in [6, 6.07) is 19.4. The van der Waals surface area contributed by atoms with Crippen molar-refractivity contribution in [2.24, 2.45) is 0 Å². The van der Waals surface area contributed by atoms with E-state index in [2.05, 4.69) is 13.8 Å². The third-order valence-electron chi connectivity index (χ3n) is 5.12. The first kappa shape index (κ1) is 27.2. The van der Waals surface area contributed by atoms with Crippen LogP contribution in [0, 0.1) is 13.8 Å². The second-order valence-corrected chi connectivity index (χ2v) is 8.95. The van der Waals surface area contributed by atoms with Crippen molar-refractivity contribution in [3.8, 4) is 17.2 Å². The molecular formula is C26H28NaO5P. The molecule has 5 nitrogen and oxygen atoms in total. The molecule has 0 radical (unpaired) electrons. The zero-order valence-electron chi connectivity index (χ0n) is 19.8. The van der Waals surface area contributed by atoms with Gasteiger partial charge < -0.3 is 19.0 Å². The number of rotatable bonds is 8. The summed E-state index contributed by atoms with van der Waals surface area (Å²) >= 11 is 0. The maximum Gasteiger partial charge on any atom is 1.00 e. The Hall–Kier alpha value is -2.01. The summed E-state index contributed by atoms with van der Waals surface area (Å²) in [6.45, 7) is 7.92. The maximum atomic E-state index is 12.4. The van der Waals surface area contributed by atoms with E-state index in [1.54, 1.807) is 36.4 Å². The summed E-state index contributed by atoms with van der Waals surface area (Å²) in [5, 5.41) is 9.58. The Morgan fingerprint density at radius 3 is 1.67 bits per heavy atom. The van der Waals surface area contributed by atoms with Gasteiger partial charge in [0.05, 0.1) is 0 Å². The minimum Gasteiger partial charge on any atom is -0.736 e. The van der Waals surface area contributed by atoms with Crippen molar-refractivity contribution in [1.82, 2.24) is 0 Å². The predicted molar refractivity (Wildman–Crippen MR) is 127 cm³/mol. The van der Waals surface area contributed by atoms with Crippen LogP contribution in [0.15, 0.2) is 66.7 Å². The van der Waals surface area contributed by atoms with E-state index >= 15 is 0 Å². The Morgan fingerprint density at radius 1 is 0.788 bits per heavy atom. The van der Waals surface area contributed by atoms with Crippen LogP contribution in [0.1, 0.15) is 48.9 Å². The number of phosphoric acid groups is 1. The average molecular weight is 474 g/mol. The van der Waals surface area contributed by atoms with Crippen molar-refractivity contribution in [3.63, 3.8) is 0 Å². The number of allylic oxidation sites excluding steroid dienone is 2. The molecule has 0 saturated heterocycles. The fourth-order valence-electron chi connectivity index (χ4n) is 3.83. The minimum absolute atomic E-state index is 0. The van der Waals surface area contributed by atoms with E-state index in [-0.39, 0.29) is 46.8 Å². The summed E-state index contributed by atoms with van der Waals surface area (Å²) in [5.41, 5.74) is 6.18. The van der Waals surface area contributed by atoms with Crippen LogP contribution in [-0.4, -0.2) is 5.11 Å². The number of hydrogen-bond acceptors (Lipinski definition) is 5. The number of hydrogen-bond donors (Lipinski definition) is 1. The molecule has 1 atom stereocenters. The van der Waals surface area contributed by atoms with Crippen LogP contribution in [0.2, 0.25) is 0 Å². The van der Waals surface area contributed by atoms with E-state index < -0.39 is 7.82 Å². The minimum atomic E-state index is -4.58. The molecule has 0 bridgehead atoms. The van der Waals surface area contributed by atoms with Crippen molar-refractivity contribution >= 4 is 19.0 Å². The van der Waals surface area contributed by atoms with Crippen LogP contribution in [0.5, 0.6) is 17.2 Å². The number of phosphoric ester groups is 1. The molecule has 1 unspecified atom stereocenters. The third kappa shape index (κ3) is 7.49. The molecule has 3 rings (SSSR count). The van der Waals surface area contributed by atoms with Crippen molar-refractivity contribution in [3.05, 3.63) is 89.0 Å². The molecule has 0 heterocycles. The summed E-state index contributed by atoms with van der Waals surface area (Å²) < 4.78 is 22.7. The van der Waals surface area contributed by atoms with Gasteiger partial charge in [-0.05, 0) is 96.5 Å². The van der Waals surface area contributed by atoms with Crippen molar-refractivity contribution in [1.29, 1.82) is 0 Å². The molecule has 33 heavy (non-hydrogen) atoms. The molecule has 7 heteroatoms. The molecule has 0 aliphatic rings. The summed E-state index contributed by atoms with van der Waals surface area (Å²) in [7, 11) is -4.58. The van der Waals surface area contributed by atoms with E-state index in [4.69, 9.17) is 9.05 Å². The molecule has 0 aliphatic carbocycles. The van der Waals surface area contributed by atoms with Gasteiger partial charge in [0.25, 0.3) is 0 Å². The second-order valence-electron chi connectivity index (χ2n) is 7.69. The topological polar surface area (TPSA) is 78.8 Å². The first-order valence-electron chi connectivity index (χ1n) is 10.6. The molecular weight excluding hydrogens is 446 g/mol. The Kier molecular flexibility index (Phi) is 9.84. The Labute approximate surface area is 218 Å². The summed E-state index contributed by atoms with van der Waals surface area (Å²) in [6.07, 6.45) is 1.63. The molecule has 0 aliphatic heterocycles. The SMILES string of the molecule is CC/C(=C(/CC)c1ccc(OP(=O)([O-])Oc2cc(C)cc(C)c2)cc1)c1ccc(O)cc1.[Na+]. The molecule has 0 fully saturated rings. The molecule has 3 aromatic rings. The average Bonchev–Trinajstić information content (AvgIpc) is 2.72. The quantitative estimate of drug-likeness (QED) is 0.306. The van der Waals surface area contributed by atoms with Gasteiger partial charge in [-0.25, -0.2) is 4.57 Å². The summed E-state index contributed by atoms with van der Waals surface area (Å²) in [5.74, 6) is 0.651. The zero-order valence-corrected chi connectivity index (χ0v) is 22.7. The van der Waals surface area contributed by atoms with Crippen LogP contribution in [0.25, 0.3) is 11.1 Å². The molecule has 0 saturated carbocycles. The monoisotopic (exact) mass is 474 g/mol. The zero-order chi connectivity index (χ0) is 23.3. The largest absolute Gasteiger partial charge is 1.00 e. The van der Waals surface area contributed by atoms with Gasteiger partial charge in [-0.2, -0.15) is 0 Å². The van der Waals surface area contributed by atoms with E-state index in [1.807, 2.05) is 44.2 Å². The van der Waals surface area contributed by atoms with Crippen LogP contribution in [0.4, 0.5) is 0 Å². The Bertz CT molecular complexity index is 1130. The molecule has 3 aromatic carbocycles. The van der Waals surface area contributed by atoms with E-state index in [1.165, 1.54) is 5.57 Å². The number of phenolic OH excluding ortho intramolecular Hbond substituents is 1. The first-order chi connectivity index (χ1) is 15.2. The van der Waals surface area contributed by atoms with Crippen molar-refractivity contribution in [2.45, 2.75) is 40.5 Å². The molecule has 1 N–H and O–H groups in total. The van der Waals surface area contributed by atoms with Gasteiger partial charge >= 0.3 is 37.4 Å². The van der Waals surface area contributed by atoms with Crippen LogP contribution < -0.4 is 43.5 Å². The normalized spacial score (nSPS) is 13.4. The molecule has 0 spiro atoms. The molecule has 168 valence electrons. The fourth-order valence-corrected chi connectivity index (χ4v) is 4.61. The summed E-state index contributed by atoms with van der Waals surface area (Å²) in [4.78, 5) is 12.4. The van der Waals surface area contributed by atoms with Gasteiger partial charge in [-0.1, -0.05) is 44.2 Å². The van der Waals surface area contributed by atoms with Crippen LogP contribution >= 0.6 is 7.82 Å². The van der Waals surface area contributed by atoms with E-state index in [0.29, 0.717) is 0 Å². The maximum absolute atomic E-state index is 12.4. The number of phenols is 1. The number of aryl methyl sites for hydroxylation is 2. The van der Waals surface area contributed by atoms with Gasteiger partial charge in [-0.15, -0.1) is 0 Å². The number of aromatic hydroxyl groups is 1. The van der Waals surface area contributed by atoms with Crippen molar-refractivity contribution in [2.75, 3.05) is 0 Å². The second kappa shape index (κ2) is 11.9. The van der Waals surface area contributed by atoms with E-state index in [9.17, 15) is 14.6 Å². The third-order valence-corrected chi connectivity index (χ3v) is 5.99. The fraction of sp³-hybridized carbons (Fsp3) is 0.231. The first-order valence-corrected chi connectivity index (χ1v) is 12.1. The molecule has 0 aromatic heterocycles. The van der Waals surface area contributed by atoms with Gasteiger partial charge in [0.15, 0.2) is 0 Å². The van der Waals surface area contributed by atoms with Gasteiger partial charge in [0, 0.05) is 0 Å². The smallest absolute Gasteiger partial charge is 0.736 e. The van der Waals surface area contributed by atoms with E-state index in [0.717, 1.165) is 40.7 Å².